The lowest BCUT2D eigenvalue weighted by Crippen LogP contribution is -2.07. The molecule has 0 rings (SSSR count). The molecule has 0 spiro atoms. The summed E-state index contributed by atoms with van der Waals surface area (Å²) in [7, 11) is 0. The van der Waals surface area contributed by atoms with Crippen LogP contribution in [-0.2, 0) is 9.53 Å². The van der Waals surface area contributed by atoms with Gasteiger partial charge in [-0.15, -0.1) is 0 Å². The average Bonchev–Trinajstić information content (AvgIpc) is 2.02. The number of hydrogen-bond acceptors (Lipinski definition) is 2. The van der Waals surface area contributed by atoms with Crippen molar-refractivity contribution in [2.45, 2.75) is 20.3 Å². The highest BCUT2D eigenvalue weighted by Gasteiger charge is 2.07. The van der Waals surface area contributed by atoms with Crippen LogP contribution in [0.2, 0.25) is 0 Å². The number of rotatable bonds is 4. The zero-order valence-corrected chi connectivity index (χ0v) is 7.46. The van der Waals surface area contributed by atoms with Gasteiger partial charge >= 0.3 is 5.97 Å². The number of ether oxygens (including phenoxy) is 1. The van der Waals surface area contributed by atoms with Gasteiger partial charge in [-0.05, 0) is 12.3 Å². The van der Waals surface area contributed by atoms with E-state index in [1.807, 2.05) is 13.8 Å². The highest BCUT2D eigenvalue weighted by molar-refractivity contribution is 5.89. The van der Waals surface area contributed by atoms with E-state index in [9.17, 15) is 4.79 Å². The van der Waals surface area contributed by atoms with Crippen molar-refractivity contribution < 1.29 is 9.53 Å². The molecule has 0 saturated carbocycles. The molecule has 0 aliphatic heterocycles. The van der Waals surface area contributed by atoms with Crippen molar-refractivity contribution in [3.05, 3.63) is 23.7 Å². The van der Waals surface area contributed by atoms with Crippen molar-refractivity contribution in [2.24, 2.45) is 5.92 Å². The maximum Gasteiger partial charge on any atom is 0.335 e. The van der Waals surface area contributed by atoms with Crippen LogP contribution in [-0.4, -0.2) is 12.6 Å². The van der Waals surface area contributed by atoms with Crippen molar-refractivity contribution >= 4 is 5.97 Å². The molecule has 0 N–H and O–H groups in total. The molecule has 0 bridgehead atoms. The van der Waals surface area contributed by atoms with Crippen LogP contribution in [0.4, 0.5) is 0 Å². The molecule has 66 valence electrons. The zero-order valence-electron chi connectivity index (χ0n) is 7.46. The summed E-state index contributed by atoms with van der Waals surface area (Å²) < 4.78 is 4.75. The standard InChI is InChI=1S/C9H13NO2/c1-7(2)5-6-12-9(11)8(3)10-4/h7H,3,5-6H2,1-2H3. The molecule has 0 aliphatic rings. The minimum atomic E-state index is -0.606. The summed E-state index contributed by atoms with van der Waals surface area (Å²) in [5, 5.41) is 0. The Balaban J connectivity index is 3.60. The van der Waals surface area contributed by atoms with Crippen LogP contribution in [0.25, 0.3) is 4.85 Å². The number of hydrogen-bond donors (Lipinski definition) is 0. The molecule has 3 heteroatoms. The van der Waals surface area contributed by atoms with Gasteiger partial charge < -0.3 is 4.74 Å². The minimum absolute atomic E-state index is 0.154. The molecule has 0 radical (unpaired) electrons. The number of esters is 1. The normalized spacial score (nSPS) is 9.17. The smallest absolute Gasteiger partial charge is 0.335 e. The van der Waals surface area contributed by atoms with Gasteiger partial charge in [0, 0.05) is 0 Å². The number of carbonyl (C=O) groups is 1. The predicted octanol–water partition coefficient (Wildman–Crippen LogP) is 2.01. The number of carbonyl (C=O) groups excluding carboxylic acids is 1. The second kappa shape index (κ2) is 5.36. The third-order valence-corrected chi connectivity index (χ3v) is 1.30. The molecule has 0 saturated heterocycles. The Hall–Kier alpha value is -1.30. The van der Waals surface area contributed by atoms with Gasteiger partial charge in [-0.2, -0.15) is 0 Å². The Morgan fingerprint density at radius 1 is 1.67 bits per heavy atom. The molecular weight excluding hydrogens is 154 g/mol. The fourth-order valence-electron chi connectivity index (χ4n) is 0.516. The van der Waals surface area contributed by atoms with Crippen LogP contribution in [0, 0.1) is 12.5 Å². The van der Waals surface area contributed by atoms with Gasteiger partial charge in [-0.3, -0.25) is 4.79 Å². The zero-order chi connectivity index (χ0) is 9.56. The first kappa shape index (κ1) is 10.7. The van der Waals surface area contributed by atoms with Gasteiger partial charge in [-0.1, -0.05) is 20.4 Å². The maximum absolute atomic E-state index is 10.8. The average molecular weight is 167 g/mol. The van der Waals surface area contributed by atoms with E-state index in [0.29, 0.717) is 12.5 Å². The van der Waals surface area contributed by atoms with Crippen molar-refractivity contribution in [3.8, 4) is 0 Å². The first-order valence-corrected chi connectivity index (χ1v) is 3.81. The Bertz CT molecular complexity index is 213. The first-order chi connectivity index (χ1) is 5.57. The molecular formula is C9H13NO2. The molecule has 0 aliphatic carbocycles. The summed E-state index contributed by atoms with van der Waals surface area (Å²) >= 11 is 0. The lowest BCUT2D eigenvalue weighted by Gasteiger charge is -2.04. The molecule has 0 fully saturated rings. The second-order valence-corrected chi connectivity index (χ2v) is 2.88. The summed E-state index contributed by atoms with van der Waals surface area (Å²) in [4.78, 5) is 13.7. The first-order valence-electron chi connectivity index (χ1n) is 3.81. The summed E-state index contributed by atoms with van der Waals surface area (Å²) in [5.41, 5.74) is -0.154. The van der Waals surface area contributed by atoms with Gasteiger partial charge in [0.15, 0.2) is 0 Å². The molecule has 12 heavy (non-hydrogen) atoms. The summed E-state index contributed by atoms with van der Waals surface area (Å²) in [6.07, 6.45) is 0.816. The molecule has 0 unspecified atom stereocenters. The van der Waals surface area contributed by atoms with Crippen molar-refractivity contribution in [3.63, 3.8) is 0 Å². The Morgan fingerprint density at radius 3 is 2.67 bits per heavy atom. The van der Waals surface area contributed by atoms with E-state index in [0.717, 1.165) is 6.42 Å². The fraction of sp³-hybridized carbons (Fsp3) is 0.556. The van der Waals surface area contributed by atoms with Gasteiger partial charge in [0.05, 0.1) is 13.2 Å². The van der Waals surface area contributed by atoms with Crippen LogP contribution in [0.1, 0.15) is 20.3 Å². The highest BCUT2D eigenvalue weighted by Crippen LogP contribution is 2.01. The van der Waals surface area contributed by atoms with Gasteiger partial charge in [-0.25, -0.2) is 4.85 Å². The fourth-order valence-corrected chi connectivity index (χ4v) is 0.516. The third-order valence-electron chi connectivity index (χ3n) is 1.30. The van der Waals surface area contributed by atoms with E-state index >= 15 is 0 Å². The maximum atomic E-state index is 10.8. The summed E-state index contributed by atoms with van der Waals surface area (Å²) in [6, 6.07) is 0. The monoisotopic (exact) mass is 167 g/mol. The van der Waals surface area contributed by atoms with Gasteiger partial charge in [0.25, 0.3) is 5.70 Å². The van der Waals surface area contributed by atoms with E-state index < -0.39 is 5.97 Å². The van der Waals surface area contributed by atoms with Crippen LogP contribution >= 0.6 is 0 Å². The largest absolute Gasteiger partial charge is 0.471 e. The molecule has 3 nitrogen and oxygen atoms in total. The quantitative estimate of drug-likeness (QED) is 0.364. The molecule has 0 amide bonds. The van der Waals surface area contributed by atoms with Crippen LogP contribution in [0.15, 0.2) is 12.3 Å². The molecule has 0 aromatic heterocycles. The molecule has 0 aromatic rings. The predicted molar refractivity (Wildman–Crippen MR) is 46.2 cm³/mol. The Morgan fingerprint density at radius 2 is 2.25 bits per heavy atom. The van der Waals surface area contributed by atoms with Gasteiger partial charge in [0.1, 0.15) is 0 Å². The molecule has 0 aromatic carbocycles. The SMILES string of the molecule is [C-]#[N+]C(=C)C(=O)OCCC(C)C. The lowest BCUT2D eigenvalue weighted by atomic mass is 10.1. The van der Waals surface area contributed by atoms with E-state index in [1.165, 1.54) is 0 Å². The summed E-state index contributed by atoms with van der Waals surface area (Å²) in [5.74, 6) is -0.107. The van der Waals surface area contributed by atoms with E-state index in [1.54, 1.807) is 0 Å². The highest BCUT2D eigenvalue weighted by atomic mass is 16.5. The minimum Gasteiger partial charge on any atom is -0.471 e. The van der Waals surface area contributed by atoms with E-state index in [4.69, 9.17) is 11.3 Å². The van der Waals surface area contributed by atoms with Crippen molar-refractivity contribution in [1.82, 2.24) is 0 Å². The van der Waals surface area contributed by atoms with Crippen molar-refractivity contribution in [2.75, 3.05) is 6.61 Å². The number of nitrogens with zero attached hydrogens (tertiary/aromatic N) is 1. The van der Waals surface area contributed by atoms with Crippen LogP contribution in [0.3, 0.4) is 0 Å². The topological polar surface area (TPSA) is 30.7 Å². The second-order valence-electron chi connectivity index (χ2n) is 2.88. The molecule has 0 heterocycles. The Kier molecular flexibility index (Phi) is 4.78. The van der Waals surface area contributed by atoms with Crippen LogP contribution in [0.5, 0.6) is 0 Å². The Labute approximate surface area is 72.8 Å². The van der Waals surface area contributed by atoms with Crippen molar-refractivity contribution in [1.29, 1.82) is 0 Å². The van der Waals surface area contributed by atoms with E-state index in [2.05, 4.69) is 11.4 Å². The van der Waals surface area contributed by atoms with E-state index in [-0.39, 0.29) is 5.70 Å². The van der Waals surface area contributed by atoms with Gasteiger partial charge in [0.2, 0.25) is 0 Å². The third kappa shape index (κ3) is 4.51. The lowest BCUT2D eigenvalue weighted by molar-refractivity contribution is -0.138. The molecule has 0 atom stereocenters. The summed E-state index contributed by atoms with van der Waals surface area (Å²) in [6.45, 7) is 14.2. The van der Waals surface area contributed by atoms with Crippen LogP contribution < -0.4 is 0 Å².